The molecule has 0 aliphatic heterocycles. The Labute approximate surface area is 105 Å². The highest BCUT2D eigenvalue weighted by Gasteiger charge is 2.13. The maximum absolute atomic E-state index is 11.4. The van der Waals surface area contributed by atoms with Crippen molar-refractivity contribution in [2.45, 2.75) is 17.4 Å². The van der Waals surface area contributed by atoms with E-state index < -0.39 is 9.84 Å². The number of H-pyrrole nitrogens is 1. The lowest BCUT2D eigenvalue weighted by molar-refractivity contribution is 0.275. The maximum Gasteiger partial charge on any atom is 0.175 e. The van der Waals surface area contributed by atoms with Gasteiger partial charge in [0.1, 0.15) is 5.82 Å². The molecule has 1 heterocycles. The van der Waals surface area contributed by atoms with Gasteiger partial charge in [0, 0.05) is 12.9 Å². The van der Waals surface area contributed by atoms with Crippen LogP contribution in [0, 0.1) is 0 Å². The Morgan fingerprint density at radius 1 is 1.50 bits per heavy atom. The van der Waals surface area contributed by atoms with Gasteiger partial charge in [-0.2, -0.15) is 0 Å². The molecule has 4 N–H and O–H groups in total. The van der Waals surface area contributed by atoms with E-state index in [0.717, 1.165) is 6.26 Å². The molecule has 1 aromatic heterocycles. The fraction of sp³-hybridized carbons (Fsp3) is 0.364. The predicted octanol–water partition coefficient (Wildman–Crippen LogP) is 0.349. The summed E-state index contributed by atoms with van der Waals surface area (Å²) >= 11 is 0. The molecule has 0 spiro atoms. The summed E-state index contributed by atoms with van der Waals surface area (Å²) in [4.78, 5) is 7.49. The number of rotatable bonds is 4. The average molecular weight is 269 g/mol. The predicted molar refractivity (Wildman–Crippen MR) is 67.8 cm³/mol. The molecule has 0 saturated heterocycles. The van der Waals surface area contributed by atoms with E-state index in [1.807, 2.05) is 0 Å². The third-order valence-corrected chi connectivity index (χ3v) is 3.80. The first-order chi connectivity index (χ1) is 8.41. The lowest BCUT2D eigenvalue weighted by atomic mass is 10.2. The molecule has 18 heavy (non-hydrogen) atoms. The minimum Gasteiger partial charge on any atom is -0.396 e. The Bertz CT molecular complexity index is 663. The molecule has 1 atom stereocenters. The van der Waals surface area contributed by atoms with Crippen molar-refractivity contribution in [3.8, 4) is 0 Å². The molecule has 0 radical (unpaired) electrons. The summed E-state index contributed by atoms with van der Waals surface area (Å²) in [5, 5.41) is 8.82. The van der Waals surface area contributed by atoms with Crippen molar-refractivity contribution in [3.05, 3.63) is 24.0 Å². The molecule has 2 aromatic rings. The first-order valence-corrected chi connectivity index (χ1v) is 7.37. The summed E-state index contributed by atoms with van der Waals surface area (Å²) < 4.78 is 22.9. The topological polar surface area (TPSA) is 109 Å². The fourth-order valence-electron chi connectivity index (χ4n) is 1.69. The molecule has 6 nitrogen and oxygen atoms in total. The van der Waals surface area contributed by atoms with Crippen LogP contribution in [0.5, 0.6) is 0 Å². The number of nitrogens with zero attached hydrogens (tertiary/aromatic N) is 1. The highest BCUT2D eigenvalue weighted by molar-refractivity contribution is 7.90. The lowest BCUT2D eigenvalue weighted by Gasteiger charge is -2.04. The van der Waals surface area contributed by atoms with E-state index in [1.54, 1.807) is 6.07 Å². The number of nitrogens with two attached hydrogens (primary N) is 1. The number of nitrogens with one attached hydrogen (secondary N) is 1. The Hall–Kier alpha value is -1.44. The zero-order chi connectivity index (χ0) is 13.3. The fourth-order valence-corrected chi connectivity index (χ4v) is 2.34. The smallest absolute Gasteiger partial charge is 0.175 e. The second-order valence-corrected chi connectivity index (χ2v) is 6.21. The highest BCUT2D eigenvalue weighted by Crippen LogP contribution is 2.20. The van der Waals surface area contributed by atoms with Gasteiger partial charge in [-0.3, -0.25) is 0 Å². The number of aliphatic hydroxyl groups is 1. The van der Waals surface area contributed by atoms with Gasteiger partial charge >= 0.3 is 0 Å². The second kappa shape index (κ2) is 4.68. The normalized spacial score (nSPS) is 13.9. The third kappa shape index (κ3) is 2.53. The van der Waals surface area contributed by atoms with Gasteiger partial charge in [0.2, 0.25) is 0 Å². The molecule has 1 aromatic carbocycles. The molecule has 0 fully saturated rings. The van der Waals surface area contributed by atoms with Gasteiger partial charge in [-0.1, -0.05) is 0 Å². The Balaban J connectivity index is 2.46. The van der Waals surface area contributed by atoms with Crippen molar-refractivity contribution in [1.82, 2.24) is 9.97 Å². The lowest BCUT2D eigenvalue weighted by Crippen LogP contribution is -2.13. The van der Waals surface area contributed by atoms with Crippen LogP contribution >= 0.6 is 0 Å². The van der Waals surface area contributed by atoms with Crippen molar-refractivity contribution in [2.24, 2.45) is 5.73 Å². The zero-order valence-corrected chi connectivity index (χ0v) is 10.7. The Morgan fingerprint density at radius 2 is 2.22 bits per heavy atom. The van der Waals surface area contributed by atoms with Gasteiger partial charge in [0.15, 0.2) is 9.84 Å². The van der Waals surface area contributed by atoms with E-state index in [0.29, 0.717) is 23.3 Å². The van der Waals surface area contributed by atoms with Crippen molar-refractivity contribution >= 4 is 20.9 Å². The van der Waals surface area contributed by atoms with Crippen molar-refractivity contribution < 1.29 is 13.5 Å². The van der Waals surface area contributed by atoms with Gasteiger partial charge < -0.3 is 15.8 Å². The van der Waals surface area contributed by atoms with Crippen LogP contribution in [0.25, 0.3) is 11.0 Å². The molecule has 0 saturated carbocycles. The summed E-state index contributed by atoms with van der Waals surface area (Å²) in [5.74, 6) is 0.546. The van der Waals surface area contributed by atoms with Crippen molar-refractivity contribution in [1.29, 1.82) is 0 Å². The summed E-state index contributed by atoms with van der Waals surface area (Å²) in [6.07, 6.45) is 1.56. The van der Waals surface area contributed by atoms with Crippen LogP contribution in [0.1, 0.15) is 18.3 Å². The molecular weight excluding hydrogens is 254 g/mol. The molecule has 2 rings (SSSR count). The van der Waals surface area contributed by atoms with Gasteiger partial charge in [-0.05, 0) is 24.6 Å². The quantitative estimate of drug-likeness (QED) is 0.742. The summed E-state index contributed by atoms with van der Waals surface area (Å²) in [7, 11) is -3.23. The monoisotopic (exact) mass is 269 g/mol. The van der Waals surface area contributed by atoms with Gasteiger partial charge in [-0.15, -0.1) is 0 Å². The number of imidazole rings is 1. The largest absolute Gasteiger partial charge is 0.396 e. The Morgan fingerprint density at radius 3 is 2.83 bits per heavy atom. The molecule has 7 heteroatoms. The number of aromatic nitrogens is 2. The molecule has 0 bridgehead atoms. The van der Waals surface area contributed by atoms with Gasteiger partial charge in [0.25, 0.3) is 0 Å². The molecule has 1 unspecified atom stereocenters. The minimum absolute atomic E-state index is 0.0210. The number of sulfone groups is 1. The van der Waals surface area contributed by atoms with Crippen LogP contribution in [0.15, 0.2) is 23.1 Å². The molecule has 98 valence electrons. The van der Waals surface area contributed by atoms with E-state index in [9.17, 15) is 8.42 Å². The van der Waals surface area contributed by atoms with Crippen LogP contribution in [-0.2, 0) is 9.84 Å². The van der Waals surface area contributed by atoms with Gasteiger partial charge in [0.05, 0.1) is 22.0 Å². The Kier molecular flexibility index (Phi) is 3.38. The summed E-state index contributed by atoms with van der Waals surface area (Å²) in [6.45, 7) is -0.0210. The molecule has 0 aliphatic rings. The average Bonchev–Trinajstić information content (AvgIpc) is 2.70. The van der Waals surface area contributed by atoms with Crippen LogP contribution in [0.2, 0.25) is 0 Å². The van der Waals surface area contributed by atoms with Crippen molar-refractivity contribution in [3.63, 3.8) is 0 Å². The number of hydrogen-bond acceptors (Lipinski definition) is 5. The van der Waals surface area contributed by atoms with Gasteiger partial charge in [-0.25, -0.2) is 13.4 Å². The molecule has 0 amide bonds. The van der Waals surface area contributed by atoms with Crippen LogP contribution < -0.4 is 5.73 Å². The molecule has 0 aliphatic carbocycles. The van der Waals surface area contributed by atoms with Crippen LogP contribution in [0.3, 0.4) is 0 Å². The third-order valence-electron chi connectivity index (χ3n) is 2.69. The number of fused-ring (bicyclic) bond motifs is 1. The van der Waals surface area contributed by atoms with E-state index in [2.05, 4.69) is 9.97 Å². The van der Waals surface area contributed by atoms with Crippen LogP contribution in [0.4, 0.5) is 0 Å². The second-order valence-electron chi connectivity index (χ2n) is 4.19. The van der Waals surface area contributed by atoms with Crippen molar-refractivity contribution in [2.75, 3.05) is 12.9 Å². The minimum atomic E-state index is -3.23. The SMILES string of the molecule is CS(=O)(=O)c1ccc2nc(C(N)CCO)[nH]c2c1. The van der Waals surface area contributed by atoms with E-state index in [4.69, 9.17) is 10.8 Å². The molecular formula is C11H15N3O3S. The van der Waals surface area contributed by atoms with E-state index >= 15 is 0 Å². The van der Waals surface area contributed by atoms with E-state index in [1.165, 1.54) is 12.1 Å². The summed E-state index contributed by atoms with van der Waals surface area (Å²) in [5.41, 5.74) is 7.11. The maximum atomic E-state index is 11.4. The van der Waals surface area contributed by atoms with E-state index in [-0.39, 0.29) is 17.5 Å². The van der Waals surface area contributed by atoms with Crippen LogP contribution in [-0.4, -0.2) is 36.4 Å². The first-order valence-electron chi connectivity index (χ1n) is 5.48. The zero-order valence-electron chi connectivity index (χ0n) is 9.92. The summed E-state index contributed by atoms with van der Waals surface area (Å²) in [6, 6.07) is 4.30. The highest BCUT2D eigenvalue weighted by atomic mass is 32.2. The number of aliphatic hydroxyl groups excluding tert-OH is 1. The standard InChI is InChI=1S/C11H15N3O3S/c1-18(16,17)7-2-3-9-10(6-7)14-11(13-9)8(12)4-5-15/h2-3,6,8,15H,4-5,12H2,1H3,(H,13,14). The first kappa shape index (κ1) is 13.0. The number of hydrogen-bond donors (Lipinski definition) is 3. The number of aromatic amines is 1. The number of benzene rings is 1.